The van der Waals surface area contributed by atoms with E-state index in [2.05, 4.69) is 129 Å². The Labute approximate surface area is 216 Å². The van der Waals surface area contributed by atoms with Crippen molar-refractivity contribution in [1.29, 1.82) is 0 Å². The van der Waals surface area contributed by atoms with E-state index in [1.165, 1.54) is 54.6 Å². The van der Waals surface area contributed by atoms with Crippen molar-refractivity contribution in [3.8, 4) is 11.3 Å². The zero-order valence-electron chi connectivity index (χ0n) is 23.4. The molecule has 5 aromatic rings. The van der Waals surface area contributed by atoms with Crippen molar-refractivity contribution in [2.45, 2.75) is 78.6 Å². The molecule has 0 aliphatic carbocycles. The molecule has 4 aromatic carbocycles. The molecule has 1 nitrogen and oxygen atoms in total. The topological polar surface area (TPSA) is 12.9 Å². The molecule has 0 atom stereocenters. The predicted molar refractivity (Wildman–Crippen MR) is 158 cm³/mol. The summed E-state index contributed by atoms with van der Waals surface area (Å²) in [5.41, 5.74) is 6.53. The summed E-state index contributed by atoms with van der Waals surface area (Å²) < 4.78 is 0. The second-order valence-corrected chi connectivity index (χ2v) is 13.5. The lowest BCUT2D eigenvalue weighted by molar-refractivity contribution is 0.589. The summed E-state index contributed by atoms with van der Waals surface area (Å²) >= 11 is 0. The van der Waals surface area contributed by atoms with Crippen LogP contribution in [0.5, 0.6) is 0 Å². The van der Waals surface area contributed by atoms with Gasteiger partial charge in [-0.25, -0.2) is 0 Å². The van der Waals surface area contributed by atoms with E-state index < -0.39 is 0 Å². The maximum Gasteiger partial charge on any atom is 0.0705 e. The number of pyridine rings is 1. The lowest BCUT2D eigenvalue weighted by atomic mass is 9.82. The first-order chi connectivity index (χ1) is 16.7. The van der Waals surface area contributed by atoms with Gasteiger partial charge in [-0.3, -0.25) is 4.98 Å². The SMILES string of the molecule is CC(C)(C)c1ccnc(-c2ccc3c4ccc(C(C)(C)C)cc4c4cc(C(C)(C)C)ccc4c3c2)c1. The minimum absolute atomic E-state index is 0.0888. The normalized spacial score (nSPS) is 13.1. The zero-order chi connectivity index (χ0) is 26.0. The second-order valence-electron chi connectivity index (χ2n) is 13.5. The van der Waals surface area contributed by atoms with Gasteiger partial charge in [0, 0.05) is 11.8 Å². The molecule has 0 aliphatic heterocycles. The number of rotatable bonds is 1. The lowest BCUT2D eigenvalue weighted by Gasteiger charge is -2.23. The summed E-state index contributed by atoms with van der Waals surface area (Å²) in [6, 6.07) is 25.4. The Hall–Kier alpha value is -3.19. The zero-order valence-corrected chi connectivity index (χ0v) is 23.4. The van der Waals surface area contributed by atoms with Gasteiger partial charge in [-0.05, 0) is 95.6 Å². The van der Waals surface area contributed by atoms with E-state index in [1.807, 2.05) is 6.20 Å². The number of hydrogen-bond donors (Lipinski definition) is 0. The van der Waals surface area contributed by atoms with E-state index in [0.29, 0.717) is 0 Å². The molecule has 0 bridgehead atoms. The maximum atomic E-state index is 4.76. The number of hydrogen-bond acceptors (Lipinski definition) is 1. The van der Waals surface area contributed by atoms with Crippen LogP contribution in [0.25, 0.3) is 43.6 Å². The first kappa shape index (κ1) is 24.5. The molecule has 0 fully saturated rings. The van der Waals surface area contributed by atoms with Gasteiger partial charge in [0.2, 0.25) is 0 Å². The fourth-order valence-corrected chi connectivity index (χ4v) is 5.15. The molecule has 0 unspecified atom stereocenters. The molecule has 0 saturated carbocycles. The molecular formula is C35H39N. The van der Waals surface area contributed by atoms with Gasteiger partial charge >= 0.3 is 0 Å². The fourth-order valence-electron chi connectivity index (χ4n) is 5.15. The van der Waals surface area contributed by atoms with Crippen LogP contribution in [0.2, 0.25) is 0 Å². The summed E-state index contributed by atoms with van der Waals surface area (Å²) in [7, 11) is 0. The Bertz CT molecular complexity index is 1620. The molecule has 0 radical (unpaired) electrons. The van der Waals surface area contributed by atoms with Gasteiger partial charge in [-0.15, -0.1) is 0 Å². The number of aromatic nitrogens is 1. The van der Waals surface area contributed by atoms with Gasteiger partial charge in [-0.1, -0.05) is 98.7 Å². The van der Waals surface area contributed by atoms with Crippen LogP contribution in [0.15, 0.2) is 72.9 Å². The molecule has 5 rings (SSSR count). The first-order valence-corrected chi connectivity index (χ1v) is 13.1. The van der Waals surface area contributed by atoms with Crippen molar-refractivity contribution >= 4 is 32.3 Å². The van der Waals surface area contributed by atoms with Crippen molar-refractivity contribution in [2.75, 3.05) is 0 Å². The number of fused-ring (bicyclic) bond motifs is 6. The quantitative estimate of drug-likeness (QED) is 0.221. The van der Waals surface area contributed by atoms with Crippen LogP contribution >= 0.6 is 0 Å². The highest BCUT2D eigenvalue weighted by Gasteiger charge is 2.20. The summed E-state index contributed by atoms with van der Waals surface area (Å²) in [5.74, 6) is 0. The average Bonchev–Trinajstić information content (AvgIpc) is 2.81. The van der Waals surface area contributed by atoms with Gasteiger partial charge in [0.1, 0.15) is 0 Å². The van der Waals surface area contributed by atoms with Gasteiger partial charge < -0.3 is 0 Å². The van der Waals surface area contributed by atoms with Crippen molar-refractivity contribution < 1.29 is 0 Å². The number of nitrogens with zero attached hydrogens (tertiary/aromatic N) is 1. The van der Waals surface area contributed by atoms with E-state index in [0.717, 1.165) is 5.69 Å². The Balaban J connectivity index is 1.86. The molecule has 1 heteroatoms. The highest BCUT2D eigenvalue weighted by Crippen LogP contribution is 2.40. The highest BCUT2D eigenvalue weighted by atomic mass is 14.7. The summed E-state index contributed by atoms with van der Waals surface area (Å²) in [5, 5.41) is 7.91. The molecule has 0 aliphatic rings. The van der Waals surface area contributed by atoms with Gasteiger partial charge in [0.15, 0.2) is 0 Å². The third-order valence-corrected chi connectivity index (χ3v) is 7.58. The maximum absolute atomic E-state index is 4.76. The number of benzene rings is 4. The third-order valence-electron chi connectivity index (χ3n) is 7.58. The Morgan fingerprint density at radius 1 is 0.417 bits per heavy atom. The Morgan fingerprint density at radius 3 is 1.33 bits per heavy atom. The van der Waals surface area contributed by atoms with E-state index >= 15 is 0 Å². The van der Waals surface area contributed by atoms with Crippen molar-refractivity contribution in [3.05, 3.63) is 89.6 Å². The van der Waals surface area contributed by atoms with Gasteiger partial charge in [0.05, 0.1) is 5.69 Å². The van der Waals surface area contributed by atoms with E-state index in [4.69, 9.17) is 4.98 Å². The predicted octanol–water partition coefficient (Wildman–Crippen LogP) is 10.1. The average molecular weight is 474 g/mol. The van der Waals surface area contributed by atoms with E-state index in [-0.39, 0.29) is 16.2 Å². The smallest absolute Gasteiger partial charge is 0.0705 e. The van der Waals surface area contributed by atoms with Crippen LogP contribution in [0.1, 0.15) is 79.0 Å². The van der Waals surface area contributed by atoms with Crippen molar-refractivity contribution in [3.63, 3.8) is 0 Å². The third kappa shape index (κ3) is 4.30. The van der Waals surface area contributed by atoms with Gasteiger partial charge in [-0.2, -0.15) is 0 Å². The second kappa shape index (κ2) is 8.17. The van der Waals surface area contributed by atoms with Crippen LogP contribution in [-0.2, 0) is 16.2 Å². The van der Waals surface area contributed by atoms with Crippen LogP contribution < -0.4 is 0 Å². The van der Waals surface area contributed by atoms with Crippen molar-refractivity contribution in [1.82, 2.24) is 4.98 Å². The lowest BCUT2D eigenvalue weighted by Crippen LogP contribution is -2.11. The van der Waals surface area contributed by atoms with Crippen LogP contribution in [0, 0.1) is 0 Å². The fraction of sp³-hybridized carbons (Fsp3) is 0.343. The first-order valence-electron chi connectivity index (χ1n) is 13.1. The molecule has 36 heavy (non-hydrogen) atoms. The Kier molecular flexibility index (Phi) is 5.56. The van der Waals surface area contributed by atoms with Crippen LogP contribution in [-0.4, -0.2) is 4.98 Å². The minimum atomic E-state index is 0.0888. The standard InChI is InChI=1S/C35H39N/c1-33(2,3)23-11-14-27-26-13-10-22(32-21-25(16-17-36-32)35(7,8)9)18-29(26)28-15-12-24(34(4,5)6)20-31(28)30(27)19-23/h10-21H,1-9H3. The molecule has 184 valence electrons. The monoisotopic (exact) mass is 473 g/mol. The van der Waals surface area contributed by atoms with Crippen LogP contribution in [0.4, 0.5) is 0 Å². The van der Waals surface area contributed by atoms with Crippen LogP contribution in [0.3, 0.4) is 0 Å². The molecule has 1 heterocycles. The highest BCUT2D eigenvalue weighted by molar-refractivity contribution is 6.26. The molecule has 0 N–H and O–H groups in total. The van der Waals surface area contributed by atoms with E-state index in [9.17, 15) is 0 Å². The molecule has 0 amide bonds. The largest absolute Gasteiger partial charge is 0.256 e. The summed E-state index contributed by atoms with van der Waals surface area (Å²) in [6.07, 6.45) is 1.95. The molecule has 0 spiro atoms. The van der Waals surface area contributed by atoms with Crippen molar-refractivity contribution in [2.24, 2.45) is 0 Å². The minimum Gasteiger partial charge on any atom is -0.256 e. The van der Waals surface area contributed by atoms with E-state index in [1.54, 1.807) is 0 Å². The Morgan fingerprint density at radius 2 is 0.833 bits per heavy atom. The summed E-state index contributed by atoms with van der Waals surface area (Å²) in [6.45, 7) is 20.5. The summed E-state index contributed by atoms with van der Waals surface area (Å²) in [4.78, 5) is 4.76. The molecule has 0 saturated heterocycles. The van der Waals surface area contributed by atoms with Gasteiger partial charge in [0.25, 0.3) is 0 Å². The molecule has 1 aromatic heterocycles. The molecular weight excluding hydrogens is 434 g/mol.